The third-order valence-electron chi connectivity index (χ3n) is 3.72. The SMILES string of the molecule is CCOc1ccc(OCCCC(=O)NCCNC(=O)c2ccccc2)cc1. The van der Waals surface area contributed by atoms with Gasteiger partial charge in [0.1, 0.15) is 11.5 Å². The number of rotatable bonds is 11. The molecule has 0 aromatic heterocycles. The highest BCUT2D eigenvalue weighted by atomic mass is 16.5. The smallest absolute Gasteiger partial charge is 0.251 e. The Labute approximate surface area is 159 Å². The molecule has 2 N–H and O–H groups in total. The third kappa shape index (κ3) is 7.81. The molecule has 0 heterocycles. The summed E-state index contributed by atoms with van der Waals surface area (Å²) in [5.41, 5.74) is 0.607. The molecule has 0 bridgehead atoms. The van der Waals surface area contributed by atoms with Crippen molar-refractivity contribution in [2.24, 2.45) is 0 Å². The molecule has 6 heteroatoms. The Morgan fingerprint density at radius 1 is 0.852 bits per heavy atom. The average Bonchev–Trinajstić information content (AvgIpc) is 2.70. The largest absolute Gasteiger partial charge is 0.494 e. The fourth-order valence-corrected chi connectivity index (χ4v) is 2.38. The Morgan fingerprint density at radius 3 is 2.15 bits per heavy atom. The van der Waals surface area contributed by atoms with Crippen LogP contribution in [0.15, 0.2) is 54.6 Å². The first-order chi connectivity index (χ1) is 13.2. The summed E-state index contributed by atoms with van der Waals surface area (Å²) in [6.45, 7) is 3.82. The topological polar surface area (TPSA) is 76.7 Å². The Hall–Kier alpha value is -3.02. The summed E-state index contributed by atoms with van der Waals surface area (Å²) in [5, 5.41) is 5.55. The van der Waals surface area contributed by atoms with Crippen molar-refractivity contribution in [3.8, 4) is 11.5 Å². The van der Waals surface area contributed by atoms with Gasteiger partial charge in [0.25, 0.3) is 5.91 Å². The number of amides is 2. The highest BCUT2D eigenvalue weighted by molar-refractivity contribution is 5.94. The maximum absolute atomic E-state index is 11.8. The van der Waals surface area contributed by atoms with E-state index in [1.54, 1.807) is 12.1 Å². The zero-order chi connectivity index (χ0) is 19.3. The molecule has 0 unspecified atom stereocenters. The Kier molecular flexibility index (Phi) is 8.69. The van der Waals surface area contributed by atoms with Gasteiger partial charge < -0.3 is 20.1 Å². The lowest BCUT2D eigenvalue weighted by Gasteiger charge is -2.09. The molecule has 144 valence electrons. The van der Waals surface area contributed by atoms with Crippen LogP contribution in [0.4, 0.5) is 0 Å². The third-order valence-corrected chi connectivity index (χ3v) is 3.72. The predicted octanol–water partition coefficient (Wildman–Crippen LogP) is 2.79. The van der Waals surface area contributed by atoms with Gasteiger partial charge in [-0.2, -0.15) is 0 Å². The maximum Gasteiger partial charge on any atom is 0.251 e. The van der Waals surface area contributed by atoms with Crippen molar-refractivity contribution < 1.29 is 19.1 Å². The van der Waals surface area contributed by atoms with Gasteiger partial charge in [-0.15, -0.1) is 0 Å². The minimum absolute atomic E-state index is 0.0562. The molecule has 0 saturated heterocycles. The molecule has 2 aromatic rings. The molecule has 2 rings (SSSR count). The molecule has 6 nitrogen and oxygen atoms in total. The van der Waals surface area contributed by atoms with Gasteiger partial charge in [0, 0.05) is 25.1 Å². The minimum Gasteiger partial charge on any atom is -0.494 e. The van der Waals surface area contributed by atoms with Crippen LogP contribution < -0.4 is 20.1 Å². The molecule has 2 aromatic carbocycles. The van der Waals surface area contributed by atoms with Gasteiger partial charge in [0.15, 0.2) is 0 Å². The highest BCUT2D eigenvalue weighted by Crippen LogP contribution is 2.17. The first-order valence-corrected chi connectivity index (χ1v) is 9.14. The monoisotopic (exact) mass is 370 g/mol. The molecule has 0 aliphatic heterocycles. The zero-order valence-corrected chi connectivity index (χ0v) is 15.6. The standard InChI is InChI=1S/C21H26N2O4/c1-2-26-18-10-12-19(13-11-18)27-16-6-9-20(24)22-14-15-23-21(25)17-7-4-3-5-8-17/h3-5,7-8,10-13H,2,6,9,14-16H2,1H3,(H,22,24)(H,23,25). The van der Waals surface area contributed by atoms with Gasteiger partial charge in [-0.1, -0.05) is 18.2 Å². The van der Waals surface area contributed by atoms with Crippen LogP contribution in [0.5, 0.6) is 11.5 Å². The number of ether oxygens (including phenoxy) is 2. The van der Waals surface area contributed by atoms with Crippen molar-refractivity contribution in [3.05, 3.63) is 60.2 Å². The van der Waals surface area contributed by atoms with Gasteiger partial charge in [0.2, 0.25) is 5.91 Å². The lowest BCUT2D eigenvalue weighted by atomic mass is 10.2. The fraction of sp³-hybridized carbons (Fsp3) is 0.333. The molecule has 0 radical (unpaired) electrons. The summed E-state index contributed by atoms with van der Waals surface area (Å²) in [6.07, 6.45) is 0.999. The summed E-state index contributed by atoms with van der Waals surface area (Å²) in [4.78, 5) is 23.6. The van der Waals surface area contributed by atoms with Crippen LogP contribution in [-0.4, -0.2) is 38.1 Å². The molecule has 0 aliphatic carbocycles. The molecule has 2 amide bonds. The summed E-state index contributed by atoms with van der Waals surface area (Å²) < 4.78 is 11.0. The molecule has 0 spiro atoms. The quantitative estimate of drug-likeness (QED) is 0.597. The van der Waals surface area contributed by atoms with Crippen molar-refractivity contribution in [3.63, 3.8) is 0 Å². The van der Waals surface area contributed by atoms with E-state index in [0.29, 0.717) is 44.7 Å². The lowest BCUT2D eigenvalue weighted by Crippen LogP contribution is -2.34. The lowest BCUT2D eigenvalue weighted by molar-refractivity contribution is -0.121. The van der Waals surface area contributed by atoms with E-state index in [2.05, 4.69) is 10.6 Å². The van der Waals surface area contributed by atoms with E-state index in [1.165, 1.54) is 0 Å². The highest BCUT2D eigenvalue weighted by Gasteiger charge is 2.04. The maximum atomic E-state index is 11.8. The van der Waals surface area contributed by atoms with E-state index in [0.717, 1.165) is 11.5 Å². The van der Waals surface area contributed by atoms with Gasteiger partial charge >= 0.3 is 0 Å². The average molecular weight is 370 g/mol. The normalized spacial score (nSPS) is 10.1. The number of carbonyl (C=O) groups is 2. The van der Waals surface area contributed by atoms with E-state index < -0.39 is 0 Å². The summed E-state index contributed by atoms with van der Waals surface area (Å²) >= 11 is 0. The summed E-state index contributed by atoms with van der Waals surface area (Å²) in [6, 6.07) is 16.4. The Balaban J connectivity index is 1.52. The number of carbonyl (C=O) groups excluding carboxylic acids is 2. The Bertz CT molecular complexity index is 702. The Morgan fingerprint density at radius 2 is 1.48 bits per heavy atom. The predicted molar refractivity (Wildman–Crippen MR) is 104 cm³/mol. The minimum atomic E-state index is -0.145. The molecule has 0 atom stereocenters. The fourth-order valence-electron chi connectivity index (χ4n) is 2.38. The van der Waals surface area contributed by atoms with Gasteiger partial charge in [0.05, 0.1) is 13.2 Å². The zero-order valence-electron chi connectivity index (χ0n) is 15.6. The van der Waals surface area contributed by atoms with Crippen LogP contribution >= 0.6 is 0 Å². The van der Waals surface area contributed by atoms with Crippen molar-refractivity contribution in [2.45, 2.75) is 19.8 Å². The summed E-state index contributed by atoms with van der Waals surface area (Å²) in [7, 11) is 0. The number of hydrogen-bond donors (Lipinski definition) is 2. The van der Waals surface area contributed by atoms with E-state index >= 15 is 0 Å². The van der Waals surface area contributed by atoms with Crippen LogP contribution in [-0.2, 0) is 4.79 Å². The van der Waals surface area contributed by atoms with Crippen molar-refractivity contribution in [1.82, 2.24) is 10.6 Å². The number of hydrogen-bond acceptors (Lipinski definition) is 4. The van der Waals surface area contributed by atoms with Crippen molar-refractivity contribution in [2.75, 3.05) is 26.3 Å². The number of benzene rings is 2. The number of nitrogens with one attached hydrogen (secondary N) is 2. The van der Waals surface area contributed by atoms with Gasteiger partial charge in [-0.25, -0.2) is 0 Å². The molecular weight excluding hydrogens is 344 g/mol. The van der Waals surface area contributed by atoms with E-state index in [9.17, 15) is 9.59 Å². The second kappa shape index (κ2) is 11.6. The molecule has 0 saturated carbocycles. The molecule has 27 heavy (non-hydrogen) atoms. The van der Waals surface area contributed by atoms with Crippen LogP contribution in [0.3, 0.4) is 0 Å². The van der Waals surface area contributed by atoms with E-state index in [1.807, 2.05) is 49.4 Å². The first-order valence-electron chi connectivity index (χ1n) is 9.14. The van der Waals surface area contributed by atoms with Crippen molar-refractivity contribution >= 4 is 11.8 Å². The van der Waals surface area contributed by atoms with Crippen molar-refractivity contribution in [1.29, 1.82) is 0 Å². The second-order valence-corrected chi connectivity index (χ2v) is 5.83. The van der Waals surface area contributed by atoms with Crippen LogP contribution in [0, 0.1) is 0 Å². The van der Waals surface area contributed by atoms with Gasteiger partial charge in [-0.05, 0) is 49.7 Å². The van der Waals surface area contributed by atoms with Gasteiger partial charge in [-0.3, -0.25) is 9.59 Å². The summed E-state index contributed by atoms with van der Waals surface area (Å²) in [5.74, 6) is 1.36. The van der Waals surface area contributed by atoms with E-state index in [4.69, 9.17) is 9.47 Å². The van der Waals surface area contributed by atoms with Crippen LogP contribution in [0.25, 0.3) is 0 Å². The molecule has 0 fully saturated rings. The van der Waals surface area contributed by atoms with Crippen LogP contribution in [0.1, 0.15) is 30.1 Å². The molecular formula is C21H26N2O4. The van der Waals surface area contributed by atoms with E-state index in [-0.39, 0.29) is 11.8 Å². The second-order valence-electron chi connectivity index (χ2n) is 5.83. The molecule has 0 aliphatic rings. The first kappa shape index (κ1) is 20.3. The van der Waals surface area contributed by atoms with Crippen LogP contribution in [0.2, 0.25) is 0 Å².